The molecule has 0 unspecified atom stereocenters. The van der Waals surface area contributed by atoms with E-state index in [4.69, 9.17) is 23.2 Å². The summed E-state index contributed by atoms with van der Waals surface area (Å²) in [6, 6.07) is 8.76. The van der Waals surface area contributed by atoms with E-state index in [2.05, 4.69) is 4.98 Å². The van der Waals surface area contributed by atoms with Crippen LogP contribution in [0.3, 0.4) is 0 Å². The summed E-state index contributed by atoms with van der Waals surface area (Å²) in [6.45, 7) is 0.564. The zero-order valence-corrected chi connectivity index (χ0v) is 15.2. The van der Waals surface area contributed by atoms with Crippen molar-refractivity contribution in [3.05, 3.63) is 63.5 Å². The van der Waals surface area contributed by atoms with Crippen LogP contribution in [0.1, 0.15) is 11.3 Å². The van der Waals surface area contributed by atoms with Crippen molar-refractivity contribution < 1.29 is 12.8 Å². The van der Waals surface area contributed by atoms with Gasteiger partial charge in [0.05, 0.1) is 14.9 Å². The maximum atomic E-state index is 13.4. The zero-order chi connectivity index (χ0) is 17.8. The number of nitrogens with one attached hydrogen (secondary N) is 1. The SMILES string of the molecule is O=S(=O)(c1ccc(Cl)c(Cl)c1)N1CCc2[nH]c3cc(F)ccc3c2C1. The fourth-order valence-corrected chi connectivity index (χ4v) is 4.96. The molecule has 0 saturated heterocycles. The molecule has 3 aromatic rings. The van der Waals surface area contributed by atoms with E-state index in [1.54, 1.807) is 6.07 Å². The number of nitrogens with zero attached hydrogens (tertiary/aromatic N) is 1. The Bertz CT molecular complexity index is 1100. The first kappa shape index (κ1) is 16.8. The van der Waals surface area contributed by atoms with Crippen molar-refractivity contribution in [3.63, 3.8) is 0 Å². The van der Waals surface area contributed by atoms with Crippen LogP contribution in [-0.2, 0) is 23.0 Å². The van der Waals surface area contributed by atoms with Crippen LogP contribution in [0.4, 0.5) is 4.39 Å². The lowest BCUT2D eigenvalue weighted by Crippen LogP contribution is -2.35. The standard InChI is InChI=1S/C17H13Cl2FN2O2S/c18-14-4-2-11(8-15(14)19)25(23,24)22-6-5-16-13(9-22)12-3-1-10(20)7-17(12)21-16/h1-4,7-8,21H,5-6,9H2. The third kappa shape index (κ3) is 2.83. The average molecular weight is 399 g/mol. The Labute approximate surface area is 154 Å². The predicted octanol–water partition coefficient (Wildman–Crippen LogP) is 4.36. The molecule has 0 fully saturated rings. The molecule has 0 radical (unpaired) electrons. The first-order valence-electron chi connectivity index (χ1n) is 7.60. The fraction of sp³-hybridized carbons (Fsp3) is 0.176. The fourth-order valence-electron chi connectivity index (χ4n) is 3.16. The van der Waals surface area contributed by atoms with Crippen molar-refractivity contribution in [1.82, 2.24) is 9.29 Å². The molecular weight excluding hydrogens is 386 g/mol. The number of aromatic amines is 1. The summed E-state index contributed by atoms with van der Waals surface area (Å²) in [7, 11) is -3.70. The van der Waals surface area contributed by atoms with Gasteiger partial charge in [-0.3, -0.25) is 0 Å². The van der Waals surface area contributed by atoms with Gasteiger partial charge in [-0.1, -0.05) is 23.2 Å². The summed E-state index contributed by atoms with van der Waals surface area (Å²) < 4.78 is 40.7. The van der Waals surface area contributed by atoms with Gasteiger partial charge in [0.2, 0.25) is 10.0 Å². The monoisotopic (exact) mass is 398 g/mol. The highest BCUT2D eigenvalue weighted by atomic mass is 35.5. The van der Waals surface area contributed by atoms with Crippen LogP contribution >= 0.6 is 23.2 Å². The van der Waals surface area contributed by atoms with Gasteiger partial charge in [0.25, 0.3) is 0 Å². The molecule has 1 N–H and O–H groups in total. The maximum Gasteiger partial charge on any atom is 0.243 e. The lowest BCUT2D eigenvalue weighted by Gasteiger charge is -2.26. The van der Waals surface area contributed by atoms with Gasteiger partial charge in [-0.2, -0.15) is 4.31 Å². The van der Waals surface area contributed by atoms with Crippen molar-refractivity contribution in [2.24, 2.45) is 0 Å². The highest BCUT2D eigenvalue weighted by Crippen LogP contribution is 2.32. The number of hydrogen-bond donors (Lipinski definition) is 1. The third-order valence-corrected chi connectivity index (χ3v) is 7.01. The van der Waals surface area contributed by atoms with Crippen LogP contribution in [0.5, 0.6) is 0 Å². The second kappa shape index (κ2) is 5.99. The quantitative estimate of drug-likeness (QED) is 0.696. The summed E-state index contributed by atoms with van der Waals surface area (Å²) in [5.74, 6) is -0.327. The largest absolute Gasteiger partial charge is 0.358 e. The molecule has 130 valence electrons. The molecule has 0 saturated carbocycles. The van der Waals surface area contributed by atoms with Gasteiger partial charge >= 0.3 is 0 Å². The van der Waals surface area contributed by atoms with Crippen LogP contribution in [0.25, 0.3) is 10.9 Å². The number of benzene rings is 2. The number of fused-ring (bicyclic) bond motifs is 3. The van der Waals surface area contributed by atoms with E-state index >= 15 is 0 Å². The van der Waals surface area contributed by atoms with Crippen LogP contribution in [0.15, 0.2) is 41.3 Å². The van der Waals surface area contributed by atoms with Crippen molar-refractivity contribution in [3.8, 4) is 0 Å². The molecule has 25 heavy (non-hydrogen) atoms. The predicted molar refractivity (Wildman–Crippen MR) is 96.0 cm³/mol. The van der Waals surface area contributed by atoms with E-state index in [1.807, 2.05) is 0 Å². The van der Waals surface area contributed by atoms with E-state index in [0.29, 0.717) is 23.5 Å². The number of hydrogen-bond acceptors (Lipinski definition) is 2. The van der Waals surface area contributed by atoms with Crippen LogP contribution in [-0.4, -0.2) is 24.3 Å². The van der Waals surface area contributed by atoms with Gasteiger partial charge in [0.1, 0.15) is 5.82 Å². The molecule has 1 aliphatic heterocycles. The number of rotatable bonds is 2. The number of sulfonamides is 1. The van der Waals surface area contributed by atoms with E-state index in [9.17, 15) is 12.8 Å². The van der Waals surface area contributed by atoms with E-state index in [-0.39, 0.29) is 22.3 Å². The molecule has 1 aliphatic rings. The highest BCUT2D eigenvalue weighted by Gasteiger charge is 2.30. The molecule has 0 bridgehead atoms. The summed E-state index contributed by atoms with van der Waals surface area (Å²) in [5, 5.41) is 1.34. The summed E-state index contributed by atoms with van der Waals surface area (Å²) in [6.07, 6.45) is 0.534. The molecule has 4 rings (SSSR count). The Kier molecular flexibility index (Phi) is 4.03. The highest BCUT2D eigenvalue weighted by molar-refractivity contribution is 7.89. The number of halogens is 3. The molecule has 0 spiro atoms. The maximum absolute atomic E-state index is 13.4. The summed E-state index contributed by atoms with van der Waals surface area (Å²) >= 11 is 11.8. The normalized spacial score (nSPS) is 15.5. The second-order valence-electron chi connectivity index (χ2n) is 5.94. The third-order valence-electron chi connectivity index (χ3n) is 4.43. The van der Waals surface area contributed by atoms with E-state index in [0.717, 1.165) is 16.6 Å². The summed E-state index contributed by atoms with van der Waals surface area (Å²) in [5.41, 5.74) is 2.50. The van der Waals surface area contributed by atoms with Crippen LogP contribution < -0.4 is 0 Å². The Morgan fingerprint density at radius 3 is 2.64 bits per heavy atom. The molecule has 0 amide bonds. The average Bonchev–Trinajstić information content (AvgIpc) is 2.93. The Hall–Kier alpha value is -1.60. The molecular formula is C17H13Cl2FN2O2S. The molecule has 1 aromatic heterocycles. The van der Waals surface area contributed by atoms with E-state index < -0.39 is 10.0 Å². The zero-order valence-electron chi connectivity index (χ0n) is 12.9. The van der Waals surface area contributed by atoms with Crippen molar-refractivity contribution >= 4 is 44.1 Å². The van der Waals surface area contributed by atoms with Gasteiger partial charge in [-0.15, -0.1) is 0 Å². The topological polar surface area (TPSA) is 53.2 Å². The Morgan fingerprint density at radius 2 is 1.88 bits per heavy atom. The lowest BCUT2D eigenvalue weighted by molar-refractivity contribution is 0.391. The minimum Gasteiger partial charge on any atom is -0.358 e. The van der Waals surface area contributed by atoms with Crippen molar-refractivity contribution in [1.29, 1.82) is 0 Å². The summed E-state index contributed by atoms with van der Waals surface area (Å²) in [4.78, 5) is 3.29. The first-order chi connectivity index (χ1) is 11.9. The van der Waals surface area contributed by atoms with Gasteiger partial charge in [0, 0.05) is 36.1 Å². The molecule has 0 aliphatic carbocycles. The Balaban J connectivity index is 1.74. The lowest BCUT2D eigenvalue weighted by atomic mass is 10.1. The van der Waals surface area contributed by atoms with Gasteiger partial charge in [-0.05, 0) is 42.0 Å². The Morgan fingerprint density at radius 1 is 1.08 bits per heavy atom. The number of H-pyrrole nitrogens is 1. The first-order valence-corrected chi connectivity index (χ1v) is 9.80. The smallest absolute Gasteiger partial charge is 0.243 e. The molecule has 0 atom stereocenters. The molecule has 8 heteroatoms. The minimum absolute atomic E-state index is 0.108. The van der Waals surface area contributed by atoms with Crippen molar-refractivity contribution in [2.45, 2.75) is 17.9 Å². The number of aromatic nitrogens is 1. The minimum atomic E-state index is -3.70. The van der Waals surface area contributed by atoms with Gasteiger partial charge in [0.15, 0.2) is 0 Å². The van der Waals surface area contributed by atoms with Gasteiger partial charge in [-0.25, -0.2) is 12.8 Å². The molecule has 2 heterocycles. The van der Waals surface area contributed by atoms with Crippen LogP contribution in [0, 0.1) is 5.82 Å². The van der Waals surface area contributed by atoms with E-state index in [1.165, 1.54) is 34.6 Å². The van der Waals surface area contributed by atoms with Crippen LogP contribution in [0.2, 0.25) is 10.0 Å². The molecule has 4 nitrogen and oxygen atoms in total. The van der Waals surface area contributed by atoms with Gasteiger partial charge < -0.3 is 4.98 Å². The second-order valence-corrected chi connectivity index (χ2v) is 8.69. The molecule has 2 aromatic carbocycles. The van der Waals surface area contributed by atoms with Crippen molar-refractivity contribution in [2.75, 3.05) is 6.54 Å².